The lowest BCUT2D eigenvalue weighted by molar-refractivity contribution is -0.243. The summed E-state index contributed by atoms with van der Waals surface area (Å²) in [5, 5.41) is 48.3. The first kappa shape index (κ1) is 112. The van der Waals surface area contributed by atoms with E-state index in [1.165, 1.54) is 115 Å². The SMILES string of the molecule is CC(C)(O)C(C)(C)O.Cc1cc(CO)c(-c2ccc(C3(C(=O)Nc4ccc(F)cc4)CC(F)(F)C3)cc2)cn1.Nc1ccc(F)cc1.O=C(Nc1ccc(F)cc1)C1(c2ccc(Br)cc2)CC(F)(F)C1.O=C(Nc1ccc(F)cc1)C1(c2ccc(Br)cc2)CC2(C1)OCCO2.O=C(O)C1(c2ccc(Br)cc2)CC2(C1)OCCO2.O=C1CC(C(=O)Nc2ccc(F)cc2)(c2ccc(Br)cc2)C1.[B]c1cnc(C)cc1CC. The fourth-order valence-electron chi connectivity index (χ4n) is 17.5. The van der Waals surface area contributed by atoms with E-state index in [0.717, 1.165) is 69.0 Å². The molecule has 4 heterocycles. The summed E-state index contributed by atoms with van der Waals surface area (Å²) in [6, 6.07) is 67.4. The molecule has 5 aliphatic carbocycles. The number of ketones is 1. The summed E-state index contributed by atoms with van der Waals surface area (Å²) in [5.41, 5.74) is 10.2. The number of alkyl halides is 4. The molecule has 35 heteroatoms. The molecule has 10 aromatic carbocycles. The summed E-state index contributed by atoms with van der Waals surface area (Å²) in [4.78, 5) is 82.8. The normalized spacial score (nSPS) is 17.2. The molecule has 2 radical (unpaired) electrons. The molecule has 5 saturated carbocycles. The molecule has 2 spiro atoms. The number of carboxylic acid groups (broad SMARTS) is 1. The maximum absolute atomic E-state index is 13.9. The fraction of sp³-hybridized carbons (Fsp3) is 0.309. The van der Waals surface area contributed by atoms with E-state index >= 15 is 0 Å². The summed E-state index contributed by atoms with van der Waals surface area (Å²) in [6.07, 6.45) is 4.19. The van der Waals surface area contributed by atoms with Gasteiger partial charge in [0.15, 0.2) is 11.6 Å². The molecule has 19 rings (SSSR count). The van der Waals surface area contributed by atoms with Crippen molar-refractivity contribution < 1.29 is 108 Å². The van der Waals surface area contributed by atoms with Crippen LogP contribution in [-0.4, -0.2) is 135 Å². The van der Waals surface area contributed by atoms with E-state index in [-0.39, 0.29) is 54.5 Å². The number of halogens is 13. The lowest BCUT2D eigenvalue weighted by atomic mass is 9.60. The zero-order valence-electron chi connectivity index (χ0n) is 80.1. The number of hydrogen-bond donors (Lipinski definition) is 9. The first-order valence-electron chi connectivity index (χ1n) is 46.1. The number of nitrogens with zero attached hydrogens (tertiary/aromatic N) is 2. The standard InChI is InChI=1S/C24H21F3N2O2.C19H17BrFNO3.C17H13BrF3NO.C17H13BrFNO2.C13H13BrO4.C8H10BN.C6H6FN.C6H14O2/c1-15-10-17(12-30)21(11-28-15)16-2-4-18(5-3-16)23(13-24(26,27)14-23)22(31)29-20-8-6-19(25)7-9-20;20-14-3-1-13(2-4-14)18(11-19(12-18)24-9-10-25-19)17(23)22-16-7-5-15(21)6-8-16;18-12-3-1-11(2-4-12)16(9-17(20,21)10-16)15(23)22-14-7-5-13(19)6-8-14;18-12-3-1-11(2-4-12)17(9-15(21)10-17)16(22)20-14-7-5-13(19)6-8-14;14-10-3-1-9(2-4-10)12(11(15)16)7-13(8-12)17-5-6-18-13;1-3-7-4-6(2)10-5-8(7)9;7-5-1-3-6(8)4-2-5;1-5(2,7)6(3,4)8/h2-11,30H,12-14H2,1H3,(H,29,31);1-8H,9-12H2,(H,22,23);1-8H,9-10H2,(H,22,23);1-8H,9-10H2,(H,20,22);1-4H,5-8H2,(H,15,16);4-5H,3H2,1-2H3;1-4H,8H2;7-8H,1-4H3. The first-order valence-corrected chi connectivity index (χ1v) is 49.3. The molecule has 2 aliphatic heterocycles. The van der Waals surface area contributed by atoms with Crippen LogP contribution in [0.5, 0.6) is 0 Å². The number of aliphatic carboxylic acids is 1. The minimum atomic E-state index is -2.93. The number of nitrogens with one attached hydrogen (secondary N) is 4. The average Bonchev–Trinajstić information content (AvgIpc) is 1.53. The molecule has 2 aromatic heterocycles. The second kappa shape index (κ2) is 47.1. The number of carboxylic acids is 1. The smallest absolute Gasteiger partial charge is 0.314 e. The van der Waals surface area contributed by atoms with Gasteiger partial charge in [0.25, 0.3) is 11.8 Å². The summed E-state index contributed by atoms with van der Waals surface area (Å²) >= 11 is 13.4. The van der Waals surface area contributed by atoms with Gasteiger partial charge in [-0.25, -0.2) is 39.5 Å². The number of amides is 4. The molecule has 760 valence electrons. The van der Waals surface area contributed by atoms with Crippen molar-refractivity contribution in [3.63, 3.8) is 0 Å². The van der Waals surface area contributed by atoms with Crippen LogP contribution in [0.15, 0.2) is 285 Å². The van der Waals surface area contributed by atoms with Crippen molar-refractivity contribution in [1.82, 2.24) is 9.97 Å². The summed E-state index contributed by atoms with van der Waals surface area (Å²) < 4.78 is 145. The van der Waals surface area contributed by atoms with Gasteiger partial charge in [-0.3, -0.25) is 38.7 Å². The van der Waals surface area contributed by atoms with Crippen molar-refractivity contribution in [2.24, 2.45) is 0 Å². The lowest BCUT2D eigenvalue weighted by Crippen LogP contribution is -2.60. The maximum atomic E-state index is 13.9. The van der Waals surface area contributed by atoms with E-state index in [1.54, 1.807) is 107 Å². The van der Waals surface area contributed by atoms with E-state index in [0.29, 0.717) is 97.2 Å². The summed E-state index contributed by atoms with van der Waals surface area (Å²) in [5.74, 6) is -11.1. The number of aliphatic hydroxyl groups is 3. The monoisotopic (exact) mass is 2250 g/mol. The lowest BCUT2D eigenvalue weighted by Gasteiger charge is -2.51. The Hall–Kier alpha value is -11.6. The van der Waals surface area contributed by atoms with Crippen LogP contribution in [0, 0.1) is 42.9 Å². The highest BCUT2D eigenvalue weighted by Gasteiger charge is 2.66. The van der Waals surface area contributed by atoms with Crippen molar-refractivity contribution in [1.29, 1.82) is 0 Å². The van der Waals surface area contributed by atoms with E-state index in [2.05, 4.69) is 102 Å². The number of aromatic nitrogens is 2. The van der Waals surface area contributed by atoms with Crippen LogP contribution in [0.25, 0.3) is 11.1 Å². The molecule has 0 atom stereocenters. The Morgan fingerprint density at radius 3 is 0.931 bits per heavy atom. The van der Waals surface area contributed by atoms with Gasteiger partial charge in [0.1, 0.15) is 48.1 Å². The minimum absolute atomic E-state index is 0.0668. The third-order valence-corrected chi connectivity index (χ3v) is 28.4. The molecule has 7 fully saturated rings. The third kappa shape index (κ3) is 28.0. The second-order valence-corrected chi connectivity index (χ2v) is 41.2. The number of nitrogens with two attached hydrogens (primary N) is 1. The number of aliphatic hydroxyl groups excluding tert-OH is 1. The second-order valence-electron chi connectivity index (χ2n) is 37.6. The van der Waals surface area contributed by atoms with E-state index in [1.807, 2.05) is 92.7 Å². The average molecular weight is 2250 g/mol. The zero-order chi connectivity index (χ0) is 105. The van der Waals surface area contributed by atoms with Crippen LogP contribution in [0.3, 0.4) is 0 Å². The van der Waals surface area contributed by atoms with Gasteiger partial charge in [-0.2, -0.15) is 0 Å². The maximum Gasteiger partial charge on any atom is 0.314 e. The number of aryl methyl sites for hydroxylation is 3. The zero-order valence-corrected chi connectivity index (χ0v) is 86.4. The predicted molar refractivity (Wildman–Crippen MR) is 551 cm³/mol. The largest absolute Gasteiger partial charge is 0.481 e. The Morgan fingerprint density at radius 1 is 0.400 bits per heavy atom. The number of carbonyl (C=O) groups is 6. The number of ether oxygens (including phenoxy) is 4. The number of anilines is 5. The molecular weight excluding hydrogens is 2140 g/mol. The van der Waals surface area contributed by atoms with E-state index in [4.69, 9.17) is 42.7 Å². The van der Waals surface area contributed by atoms with Gasteiger partial charge >= 0.3 is 5.97 Å². The Labute approximate surface area is 868 Å². The Morgan fingerprint density at radius 2 is 0.662 bits per heavy atom. The van der Waals surface area contributed by atoms with E-state index in [9.17, 15) is 78.5 Å². The van der Waals surface area contributed by atoms with Crippen molar-refractivity contribution in [2.75, 3.05) is 53.4 Å². The van der Waals surface area contributed by atoms with Gasteiger partial charge in [-0.15, -0.1) is 0 Å². The molecule has 145 heavy (non-hydrogen) atoms. The highest BCUT2D eigenvalue weighted by atomic mass is 79.9. The molecular formula is C110H107BBr4F9N7O14. The quantitative estimate of drug-likeness (QED) is 0.0219. The van der Waals surface area contributed by atoms with Crippen LogP contribution in [0.1, 0.15) is 149 Å². The van der Waals surface area contributed by atoms with Crippen LogP contribution in [0.4, 0.5) is 68.0 Å². The molecule has 7 aliphatic rings. The molecule has 4 amide bonds. The number of benzene rings is 10. The molecule has 0 unspecified atom stereocenters. The number of hydrogen-bond acceptors (Lipinski definition) is 16. The molecule has 2 saturated heterocycles. The number of carbonyl (C=O) groups excluding carboxylic acids is 5. The van der Waals surface area contributed by atoms with Crippen LogP contribution < -0.4 is 32.5 Å². The molecule has 0 bridgehead atoms. The highest BCUT2D eigenvalue weighted by Crippen LogP contribution is 2.59. The van der Waals surface area contributed by atoms with Gasteiger partial charge in [0, 0.05) is 140 Å². The summed E-state index contributed by atoms with van der Waals surface area (Å²) in [7, 11) is 5.64. The topological polar surface area (TPSA) is 320 Å². The Bertz CT molecular complexity index is 6440. The van der Waals surface area contributed by atoms with Gasteiger partial charge < -0.3 is 66.4 Å². The van der Waals surface area contributed by atoms with Gasteiger partial charge in [0.2, 0.25) is 23.6 Å². The minimum Gasteiger partial charge on any atom is -0.481 e. The molecule has 21 nitrogen and oxygen atoms in total. The third-order valence-electron chi connectivity index (χ3n) is 26.2. The van der Waals surface area contributed by atoms with E-state index < -0.39 is 117 Å². The number of nitrogen functional groups attached to an aromatic ring is 1. The van der Waals surface area contributed by atoms with Crippen LogP contribution in [0.2, 0.25) is 0 Å². The van der Waals surface area contributed by atoms with Crippen molar-refractivity contribution in [2.45, 2.75) is 187 Å². The Balaban J connectivity index is 0.000000153. The van der Waals surface area contributed by atoms with Crippen LogP contribution in [-0.2, 0) is 87.8 Å². The molecule has 12 aromatic rings. The molecule has 10 N–H and O–H groups in total. The van der Waals surface area contributed by atoms with Crippen molar-refractivity contribution >= 4 is 141 Å². The van der Waals surface area contributed by atoms with Gasteiger partial charge in [-0.05, 0) is 269 Å². The summed E-state index contributed by atoms with van der Waals surface area (Å²) in [6.45, 7) is 14.2. The first-order chi connectivity index (χ1) is 68.4. The number of rotatable bonds is 18. The number of Topliss-reactive ketones (excluding diaryl/α,β-unsaturated/α-hetero) is 1. The highest BCUT2D eigenvalue weighted by molar-refractivity contribution is 9.11. The predicted octanol–water partition coefficient (Wildman–Crippen LogP) is 22.7. The van der Waals surface area contributed by atoms with Gasteiger partial charge in [-0.1, -0.05) is 154 Å². The van der Waals surface area contributed by atoms with Crippen molar-refractivity contribution in [3.8, 4) is 11.1 Å². The number of pyridine rings is 2. The van der Waals surface area contributed by atoms with Crippen LogP contribution >= 0.6 is 63.7 Å². The van der Waals surface area contributed by atoms with Gasteiger partial charge in [0.05, 0.1) is 65.9 Å². The fourth-order valence-corrected chi connectivity index (χ4v) is 18.5. The Kier molecular flexibility index (Phi) is 36.4. The van der Waals surface area contributed by atoms with Crippen molar-refractivity contribution in [3.05, 3.63) is 364 Å².